The van der Waals surface area contributed by atoms with Crippen LogP contribution in [0.3, 0.4) is 0 Å². The van der Waals surface area contributed by atoms with E-state index in [0.717, 1.165) is 24.3 Å². The fourth-order valence-corrected chi connectivity index (χ4v) is 5.04. The SMILES string of the molecule is O=S(=O)(N1CCCCCC1)N1CCSCC1. The molecule has 2 saturated heterocycles. The maximum Gasteiger partial charge on any atom is 0.282 e. The molecule has 16 heavy (non-hydrogen) atoms. The van der Waals surface area contributed by atoms with E-state index < -0.39 is 10.2 Å². The molecule has 2 aliphatic heterocycles. The second kappa shape index (κ2) is 5.71. The first-order valence-electron chi connectivity index (χ1n) is 6.04. The minimum absolute atomic E-state index is 0.684. The van der Waals surface area contributed by atoms with Gasteiger partial charge in [0.05, 0.1) is 0 Å². The largest absolute Gasteiger partial charge is 0.282 e. The van der Waals surface area contributed by atoms with E-state index in [2.05, 4.69) is 0 Å². The Morgan fingerprint density at radius 3 is 1.81 bits per heavy atom. The summed E-state index contributed by atoms with van der Waals surface area (Å²) in [5.41, 5.74) is 0. The van der Waals surface area contributed by atoms with Crippen molar-refractivity contribution in [3.63, 3.8) is 0 Å². The Morgan fingerprint density at radius 2 is 1.25 bits per heavy atom. The third-order valence-electron chi connectivity index (χ3n) is 3.19. The molecule has 0 N–H and O–H groups in total. The van der Waals surface area contributed by atoms with E-state index in [1.54, 1.807) is 8.61 Å². The summed E-state index contributed by atoms with van der Waals surface area (Å²) in [5, 5.41) is 0. The molecule has 94 valence electrons. The van der Waals surface area contributed by atoms with Crippen LogP contribution in [0.5, 0.6) is 0 Å². The first kappa shape index (κ1) is 12.7. The summed E-state index contributed by atoms with van der Waals surface area (Å²) < 4.78 is 28.0. The Bertz CT molecular complexity index is 305. The summed E-state index contributed by atoms with van der Waals surface area (Å²) in [5.74, 6) is 1.88. The molecule has 4 nitrogen and oxygen atoms in total. The molecule has 0 amide bonds. The molecule has 0 aliphatic carbocycles. The Balaban J connectivity index is 2.03. The predicted octanol–water partition coefficient (Wildman–Crippen LogP) is 1.16. The molecule has 2 rings (SSSR count). The molecule has 0 saturated carbocycles. The topological polar surface area (TPSA) is 40.6 Å². The highest BCUT2D eigenvalue weighted by atomic mass is 32.2. The zero-order valence-electron chi connectivity index (χ0n) is 9.60. The van der Waals surface area contributed by atoms with Crippen LogP contribution in [0.25, 0.3) is 0 Å². The van der Waals surface area contributed by atoms with Gasteiger partial charge >= 0.3 is 0 Å². The average Bonchev–Trinajstić information content (AvgIpc) is 2.59. The van der Waals surface area contributed by atoms with Crippen molar-refractivity contribution in [1.29, 1.82) is 0 Å². The Labute approximate surface area is 103 Å². The van der Waals surface area contributed by atoms with Gasteiger partial charge in [-0.25, -0.2) is 0 Å². The summed E-state index contributed by atoms with van der Waals surface area (Å²) in [7, 11) is -3.16. The van der Waals surface area contributed by atoms with Crippen LogP contribution in [0.15, 0.2) is 0 Å². The highest BCUT2D eigenvalue weighted by Gasteiger charge is 2.30. The van der Waals surface area contributed by atoms with E-state index in [1.807, 2.05) is 11.8 Å². The van der Waals surface area contributed by atoms with E-state index >= 15 is 0 Å². The van der Waals surface area contributed by atoms with Crippen molar-refractivity contribution in [3.8, 4) is 0 Å². The molecule has 0 aromatic carbocycles. The number of hydrogen-bond donors (Lipinski definition) is 0. The standard InChI is InChI=1S/C10H20N2O2S2/c13-16(14,12-7-9-15-10-8-12)11-5-3-1-2-4-6-11/h1-10H2. The van der Waals surface area contributed by atoms with E-state index in [1.165, 1.54) is 12.8 Å². The summed E-state index contributed by atoms with van der Waals surface area (Å²) >= 11 is 1.84. The molecule has 2 fully saturated rings. The minimum atomic E-state index is -3.16. The predicted molar refractivity (Wildman–Crippen MR) is 67.9 cm³/mol. The maximum atomic E-state index is 12.3. The van der Waals surface area contributed by atoms with Gasteiger partial charge in [0.15, 0.2) is 0 Å². The summed E-state index contributed by atoms with van der Waals surface area (Å²) in [6.45, 7) is 2.80. The van der Waals surface area contributed by atoms with Gasteiger partial charge in [0.1, 0.15) is 0 Å². The van der Waals surface area contributed by atoms with Gasteiger partial charge in [0.2, 0.25) is 0 Å². The highest BCUT2D eigenvalue weighted by molar-refractivity contribution is 7.99. The first-order chi connectivity index (χ1) is 7.71. The minimum Gasteiger partial charge on any atom is -0.195 e. The zero-order chi connectivity index (χ0) is 11.4. The lowest BCUT2D eigenvalue weighted by atomic mass is 10.2. The maximum absolute atomic E-state index is 12.3. The van der Waals surface area contributed by atoms with Gasteiger partial charge in [-0.05, 0) is 12.8 Å². The monoisotopic (exact) mass is 264 g/mol. The zero-order valence-corrected chi connectivity index (χ0v) is 11.2. The number of thioether (sulfide) groups is 1. The molecular weight excluding hydrogens is 244 g/mol. The van der Waals surface area contributed by atoms with Crippen molar-refractivity contribution in [2.24, 2.45) is 0 Å². The number of nitrogens with zero attached hydrogens (tertiary/aromatic N) is 2. The van der Waals surface area contributed by atoms with Crippen LogP contribution in [0.4, 0.5) is 0 Å². The van der Waals surface area contributed by atoms with Crippen LogP contribution in [0.1, 0.15) is 25.7 Å². The van der Waals surface area contributed by atoms with Gasteiger partial charge < -0.3 is 0 Å². The normalized spacial score (nSPS) is 26.5. The van der Waals surface area contributed by atoms with Crippen LogP contribution in [0, 0.1) is 0 Å². The number of hydrogen-bond acceptors (Lipinski definition) is 3. The lowest BCUT2D eigenvalue weighted by Gasteiger charge is -2.31. The molecule has 0 unspecified atom stereocenters. The molecule has 0 bridgehead atoms. The van der Waals surface area contributed by atoms with E-state index in [0.29, 0.717) is 26.2 Å². The van der Waals surface area contributed by atoms with Gasteiger partial charge in [0, 0.05) is 37.7 Å². The van der Waals surface area contributed by atoms with Gasteiger partial charge in [-0.2, -0.15) is 28.8 Å². The molecule has 0 atom stereocenters. The van der Waals surface area contributed by atoms with Gasteiger partial charge in [0.25, 0.3) is 10.2 Å². The van der Waals surface area contributed by atoms with Crippen LogP contribution in [-0.2, 0) is 10.2 Å². The van der Waals surface area contributed by atoms with Crippen LogP contribution in [-0.4, -0.2) is 54.7 Å². The first-order valence-corrected chi connectivity index (χ1v) is 8.59. The Kier molecular flexibility index (Phi) is 4.52. The smallest absolute Gasteiger partial charge is 0.195 e. The lowest BCUT2D eigenvalue weighted by molar-refractivity contribution is 0.353. The fraction of sp³-hybridized carbons (Fsp3) is 1.00. The van der Waals surface area contributed by atoms with E-state index in [4.69, 9.17) is 0 Å². The van der Waals surface area contributed by atoms with Crippen LogP contribution in [0.2, 0.25) is 0 Å². The second-order valence-corrected chi connectivity index (χ2v) is 7.49. The van der Waals surface area contributed by atoms with Crippen molar-refractivity contribution in [2.45, 2.75) is 25.7 Å². The molecule has 2 aliphatic rings. The molecule has 0 radical (unpaired) electrons. The van der Waals surface area contributed by atoms with Crippen molar-refractivity contribution < 1.29 is 8.42 Å². The fourth-order valence-electron chi connectivity index (χ4n) is 2.21. The Morgan fingerprint density at radius 1 is 0.750 bits per heavy atom. The lowest BCUT2D eigenvalue weighted by Crippen LogP contribution is -2.47. The molecular formula is C10H20N2O2S2. The summed E-state index contributed by atoms with van der Waals surface area (Å²) in [6, 6.07) is 0. The summed E-state index contributed by atoms with van der Waals surface area (Å²) in [4.78, 5) is 0. The van der Waals surface area contributed by atoms with E-state index in [9.17, 15) is 8.42 Å². The third-order valence-corrected chi connectivity index (χ3v) is 6.17. The summed E-state index contributed by atoms with van der Waals surface area (Å²) in [6.07, 6.45) is 4.37. The number of rotatable bonds is 2. The van der Waals surface area contributed by atoms with Gasteiger partial charge in [-0.1, -0.05) is 12.8 Å². The van der Waals surface area contributed by atoms with Crippen molar-refractivity contribution >= 4 is 22.0 Å². The second-order valence-electron chi connectivity index (χ2n) is 4.33. The third kappa shape index (κ3) is 2.91. The molecule has 6 heteroatoms. The highest BCUT2D eigenvalue weighted by Crippen LogP contribution is 2.19. The molecule has 2 heterocycles. The van der Waals surface area contributed by atoms with Crippen molar-refractivity contribution in [1.82, 2.24) is 8.61 Å². The van der Waals surface area contributed by atoms with Crippen LogP contribution >= 0.6 is 11.8 Å². The molecule has 0 spiro atoms. The molecule has 0 aromatic heterocycles. The average molecular weight is 264 g/mol. The van der Waals surface area contributed by atoms with Gasteiger partial charge in [-0.15, -0.1) is 0 Å². The Hall–Kier alpha value is 0.220. The molecule has 0 aromatic rings. The van der Waals surface area contributed by atoms with E-state index in [-0.39, 0.29) is 0 Å². The van der Waals surface area contributed by atoms with Crippen molar-refractivity contribution in [2.75, 3.05) is 37.7 Å². The van der Waals surface area contributed by atoms with Gasteiger partial charge in [-0.3, -0.25) is 0 Å². The van der Waals surface area contributed by atoms with Crippen molar-refractivity contribution in [3.05, 3.63) is 0 Å². The quantitative estimate of drug-likeness (QED) is 0.751. The van der Waals surface area contributed by atoms with Crippen LogP contribution < -0.4 is 0 Å².